The molecule has 0 radical (unpaired) electrons. The summed E-state index contributed by atoms with van der Waals surface area (Å²) in [5, 5.41) is 4.76. The molecule has 1 saturated heterocycles. The highest BCUT2D eigenvalue weighted by Crippen LogP contribution is 2.32. The lowest BCUT2D eigenvalue weighted by Gasteiger charge is -2.34. The van der Waals surface area contributed by atoms with Gasteiger partial charge in [-0.2, -0.15) is 0 Å². The Hall–Kier alpha value is -3.37. The van der Waals surface area contributed by atoms with Gasteiger partial charge in [0, 0.05) is 54.8 Å². The Morgan fingerprint density at radius 1 is 0.812 bits per heavy atom. The van der Waals surface area contributed by atoms with Gasteiger partial charge in [0.05, 0.1) is 5.52 Å². The smallest absolute Gasteiger partial charge is 0.0723 e. The van der Waals surface area contributed by atoms with Gasteiger partial charge < -0.3 is 15.1 Å². The molecular weight excluding hydrogens is 392 g/mol. The first-order valence-electron chi connectivity index (χ1n) is 11.3. The summed E-state index contributed by atoms with van der Waals surface area (Å²) < 4.78 is 0. The Labute approximate surface area is 190 Å². The third-order valence-electron chi connectivity index (χ3n) is 6.46. The Bertz CT molecular complexity index is 1240. The molecule has 1 N–H and O–H groups in total. The molecule has 1 aliphatic rings. The van der Waals surface area contributed by atoms with E-state index in [1.165, 1.54) is 27.9 Å². The van der Waals surface area contributed by atoms with Crippen LogP contribution in [0.1, 0.15) is 11.1 Å². The fraction of sp³-hybridized carbons (Fsp3) is 0.250. The highest BCUT2D eigenvalue weighted by molar-refractivity contribution is 5.96. The van der Waals surface area contributed by atoms with E-state index in [-0.39, 0.29) is 0 Å². The van der Waals surface area contributed by atoms with Gasteiger partial charge >= 0.3 is 0 Å². The number of nitrogens with zero attached hydrogens (tertiary/aromatic N) is 3. The fourth-order valence-corrected chi connectivity index (χ4v) is 4.45. The lowest BCUT2D eigenvalue weighted by atomic mass is 9.97. The number of pyridine rings is 1. The Balaban J connectivity index is 1.43. The number of fused-ring (bicyclic) bond motifs is 1. The molecule has 1 aromatic heterocycles. The van der Waals surface area contributed by atoms with Gasteiger partial charge in [-0.3, -0.25) is 4.98 Å². The maximum absolute atomic E-state index is 4.59. The maximum Gasteiger partial charge on any atom is 0.0723 e. The molecule has 1 fully saturated rings. The number of piperazine rings is 1. The second-order valence-electron chi connectivity index (χ2n) is 8.87. The van der Waals surface area contributed by atoms with E-state index in [0.29, 0.717) is 0 Å². The lowest BCUT2D eigenvalue weighted by molar-refractivity contribution is 0.313. The van der Waals surface area contributed by atoms with Gasteiger partial charge in [0.25, 0.3) is 0 Å². The number of rotatable bonds is 4. The molecule has 5 rings (SSSR count). The molecule has 162 valence electrons. The minimum atomic E-state index is 0.998. The number of likely N-dealkylation sites (N-methyl/N-ethyl adjacent to an activating group) is 1. The molecule has 0 spiro atoms. The normalized spacial score (nSPS) is 14.7. The zero-order valence-corrected chi connectivity index (χ0v) is 19.1. The number of anilines is 3. The van der Waals surface area contributed by atoms with E-state index in [2.05, 4.69) is 108 Å². The third kappa shape index (κ3) is 4.19. The van der Waals surface area contributed by atoms with E-state index in [1.54, 1.807) is 0 Å². The Morgan fingerprint density at radius 3 is 2.38 bits per heavy atom. The maximum atomic E-state index is 4.59. The first-order valence-corrected chi connectivity index (χ1v) is 11.3. The van der Waals surface area contributed by atoms with E-state index < -0.39 is 0 Å². The summed E-state index contributed by atoms with van der Waals surface area (Å²) in [6.45, 7) is 8.71. The van der Waals surface area contributed by atoms with Gasteiger partial charge in [0.2, 0.25) is 0 Å². The number of benzene rings is 3. The van der Waals surface area contributed by atoms with Crippen LogP contribution in [0.15, 0.2) is 72.9 Å². The van der Waals surface area contributed by atoms with Crippen molar-refractivity contribution < 1.29 is 0 Å². The van der Waals surface area contributed by atoms with Gasteiger partial charge in [-0.05, 0) is 80.1 Å². The largest absolute Gasteiger partial charge is 0.369 e. The first-order chi connectivity index (χ1) is 15.6. The van der Waals surface area contributed by atoms with Crippen LogP contribution in [-0.2, 0) is 0 Å². The molecule has 4 aromatic rings. The number of aryl methyl sites for hydroxylation is 2. The van der Waals surface area contributed by atoms with Gasteiger partial charge in [-0.25, -0.2) is 0 Å². The monoisotopic (exact) mass is 422 g/mol. The van der Waals surface area contributed by atoms with Crippen LogP contribution >= 0.6 is 0 Å². The van der Waals surface area contributed by atoms with Crippen LogP contribution in [0, 0.1) is 13.8 Å². The van der Waals surface area contributed by atoms with Crippen LogP contribution in [0.5, 0.6) is 0 Å². The summed E-state index contributed by atoms with van der Waals surface area (Å²) in [5.41, 5.74) is 9.52. The number of nitrogens with one attached hydrogen (secondary N) is 1. The minimum Gasteiger partial charge on any atom is -0.369 e. The van der Waals surface area contributed by atoms with Crippen molar-refractivity contribution in [3.8, 4) is 11.1 Å². The van der Waals surface area contributed by atoms with E-state index >= 15 is 0 Å². The van der Waals surface area contributed by atoms with Crippen molar-refractivity contribution in [2.75, 3.05) is 43.4 Å². The van der Waals surface area contributed by atoms with Crippen LogP contribution < -0.4 is 10.2 Å². The average molecular weight is 423 g/mol. The molecule has 0 aliphatic carbocycles. The number of hydrogen-bond acceptors (Lipinski definition) is 4. The summed E-state index contributed by atoms with van der Waals surface area (Å²) in [6, 6.07) is 24.0. The highest BCUT2D eigenvalue weighted by atomic mass is 15.2. The van der Waals surface area contributed by atoms with Crippen LogP contribution in [0.25, 0.3) is 22.0 Å². The molecule has 0 unspecified atom stereocenters. The molecule has 0 saturated carbocycles. The second-order valence-corrected chi connectivity index (χ2v) is 8.87. The summed E-state index contributed by atoms with van der Waals surface area (Å²) in [7, 11) is 2.19. The van der Waals surface area contributed by atoms with Crippen molar-refractivity contribution in [1.82, 2.24) is 9.88 Å². The molecule has 4 nitrogen and oxygen atoms in total. The van der Waals surface area contributed by atoms with E-state index in [4.69, 9.17) is 0 Å². The van der Waals surface area contributed by atoms with Gasteiger partial charge in [0.1, 0.15) is 0 Å². The van der Waals surface area contributed by atoms with Crippen LogP contribution in [-0.4, -0.2) is 43.1 Å². The van der Waals surface area contributed by atoms with E-state index in [0.717, 1.165) is 48.5 Å². The van der Waals surface area contributed by atoms with Gasteiger partial charge in [-0.15, -0.1) is 0 Å². The van der Waals surface area contributed by atoms with Crippen molar-refractivity contribution in [2.24, 2.45) is 0 Å². The lowest BCUT2D eigenvalue weighted by Crippen LogP contribution is -2.44. The number of aromatic nitrogens is 1. The summed E-state index contributed by atoms with van der Waals surface area (Å²) >= 11 is 0. The topological polar surface area (TPSA) is 31.4 Å². The van der Waals surface area contributed by atoms with Crippen LogP contribution in [0.2, 0.25) is 0 Å². The molecule has 3 aromatic carbocycles. The van der Waals surface area contributed by atoms with Gasteiger partial charge in [0.15, 0.2) is 0 Å². The molecule has 0 bridgehead atoms. The summed E-state index contributed by atoms with van der Waals surface area (Å²) in [5.74, 6) is 0. The third-order valence-corrected chi connectivity index (χ3v) is 6.46. The highest BCUT2D eigenvalue weighted by Gasteiger charge is 2.14. The van der Waals surface area contributed by atoms with Crippen molar-refractivity contribution in [3.63, 3.8) is 0 Å². The van der Waals surface area contributed by atoms with Crippen LogP contribution in [0.4, 0.5) is 17.1 Å². The zero-order chi connectivity index (χ0) is 22.1. The first kappa shape index (κ1) is 20.5. The molecule has 0 amide bonds. The van der Waals surface area contributed by atoms with Crippen molar-refractivity contribution in [3.05, 3.63) is 84.1 Å². The standard InChI is InChI=1S/C28H30N4/c1-20-4-5-21(2)25(18-20)22-6-11-27-26(19-22)28(12-13-29-27)30-23-7-9-24(10-8-23)32-16-14-31(3)15-17-32/h4-13,18-19H,14-17H2,1-3H3,(H,29,30). The molecular formula is C28H30N4. The fourth-order valence-electron chi connectivity index (χ4n) is 4.45. The van der Waals surface area contributed by atoms with E-state index in [1.807, 2.05) is 6.20 Å². The molecule has 0 atom stereocenters. The Kier molecular flexibility index (Phi) is 5.54. The molecule has 32 heavy (non-hydrogen) atoms. The quantitative estimate of drug-likeness (QED) is 0.436. The molecule has 2 heterocycles. The van der Waals surface area contributed by atoms with Crippen molar-refractivity contribution >= 4 is 28.0 Å². The summed E-state index contributed by atoms with van der Waals surface area (Å²) in [6.07, 6.45) is 1.88. The SMILES string of the molecule is Cc1ccc(C)c(-c2ccc3nccc(Nc4ccc(N5CCN(C)CC5)cc4)c3c2)c1. The predicted octanol–water partition coefficient (Wildman–Crippen LogP) is 6.01. The zero-order valence-electron chi connectivity index (χ0n) is 19.1. The number of hydrogen-bond donors (Lipinski definition) is 1. The van der Waals surface area contributed by atoms with E-state index in [9.17, 15) is 0 Å². The molecule has 1 aliphatic heterocycles. The predicted molar refractivity (Wildman–Crippen MR) is 136 cm³/mol. The summed E-state index contributed by atoms with van der Waals surface area (Å²) in [4.78, 5) is 9.43. The van der Waals surface area contributed by atoms with Crippen molar-refractivity contribution in [2.45, 2.75) is 13.8 Å². The second kappa shape index (κ2) is 8.64. The average Bonchev–Trinajstić information content (AvgIpc) is 2.82. The minimum absolute atomic E-state index is 0.998. The molecule has 4 heteroatoms. The van der Waals surface area contributed by atoms with Crippen molar-refractivity contribution in [1.29, 1.82) is 0 Å². The van der Waals surface area contributed by atoms with Gasteiger partial charge in [-0.1, -0.05) is 29.8 Å². The Morgan fingerprint density at radius 2 is 1.59 bits per heavy atom. The van der Waals surface area contributed by atoms with Crippen LogP contribution in [0.3, 0.4) is 0 Å².